The predicted octanol–water partition coefficient (Wildman–Crippen LogP) is 0.665. The Hall–Kier alpha value is -3.34. The minimum atomic E-state index is -4.41. The summed E-state index contributed by atoms with van der Waals surface area (Å²) in [7, 11) is -3.16. The molecule has 0 aliphatic rings. The summed E-state index contributed by atoms with van der Waals surface area (Å²) < 4.78 is 70.6. The van der Waals surface area contributed by atoms with Crippen LogP contribution in [0.5, 0.6) is 5.75 Å². The van der Waals surface area contributed by atoms with Gasteiger partial charge in [0.05, 0.1) is 33.3 Å². The van der Waals surface area contributed by atoms with Crippen molar-refractivity contribution in [2.24, 2.45) is 14.1 Å². The molecule has 1 aromatic carbocycles. The van der Waals surface area contributed by atoms with Crippen LogP contribution in [0.25, 0.3) is 10.9 Å². The molecule has 0 saturated heterocycles. The predicted molar refractivity (Wildman–Crippen MR) is 138 cm³/mol. The molecule has 214 valence electrons. The van der Waals surface area contributed by atoms with Crippen molar-refractivity contribution in [1.29, 1.82) is 0 Å². The van der Waals surface area contributed by atoms with Crippen LogP contribution in [0.2, 0.25) is 0 Å². The second-order valence-corrected chi connectivity index (χ2v) is 10.7. The minimum absolute atomic E-state index is 0.398. The van der Waals surface area contributed by atoms with Gasteiger partial charge in [0.15, 0.2) is 12.4 Å². The summed E-state index contributed by atoms with van der Waals surface area (Å²) in [5.41, 5.74) is 3.24. The van der Waals surface area contributed by atoms with Crippen molar-refractivity contribution in [2.75, 3.05) is 14.2 Å². The number of hydrogen-bond acceptors (Lipinski definition) is 9. The summed E-state index contributed by atoms with van der Waals surface area (Å²) >= 11 is 0. The van der Waals surface area contributed by atoms with Gasteiger partial charge in [-0.2, -0.15) is 0 Å². The molecule has 4 aromatic rings. The van der Waals surface area contributed by atoms with Gasteiger partial charge in [0.1, 0.15) is 25.2 Å². The van der Waals surface area contributed by atoms with Gasteiger partial charge in [-0.05, 0) is 23.8 Å². The molecule has 0 fully saturated rings. The number of rotatable bonds is 8. The summed E-state index contributed by atoms with van der Waals surface area (Å²) in [6.07, 6.45) is 14.2. The Labute approximate surface area is 228 Å². The molecule has 13 nitrogen and oxygen atoms in total. The normalized spacial score (nSPS) is 11.4. The first-order chi connectivity index (χ1) is 18.2. The van der Waals surface area contributed by atoms with Gasteiger partial charge in [-0.3, -0.25) is 8.37 Å². The number of aromatic nitrogens is 4. The lowest BCUT2D eigenvalue weighted by Crippen LogP contribution is -2.26. The lowest BCUT2D eigenvalue weighted by atomic mass is 10.0. The Kier molecular flexibility index (Phi) is 11.6. The monoisotopic (exact) mass is 584 g/mol. The smallest absolute Gasteiger partial charge is 0.243 e. The number of fused-ring (bicyclic) bond motifs is 1. The molecule has 0 aliphatic carbocycles. The zero-order valence-corrected chi connectivity index (χ0v) is 23.6. The zero-order chi connectivity index (χ0) is 29.2. The van der Waals surface area contributed by atoms with Crippen molar-refractivity contribution in [3.8, 4) is 5.75 Å². The molecule has 0 bridgehead atoms. The Balaban J connectivity index is 0.000000374. The molecule has 0 aliphatic heterocycles. The molecule has 1 N–H and O–H groups in total. The van der Waals surface area contributed by atoms with Gasteiger partial charge in [0.2, 0.25) is 27.1 Å². The second kappa shape index (κ2) is 14.2. The average molecular weight is 585 g/mol. The van der Waals surface area contributed by atoms with E-state index in [1.54, 1.807) is 0 Å². The Bertz CT molecular complexity index is 1550. The van der Waals surface area contributed by atoms with Crippen molar-refractivity contribution < 1.29 is 48.5 Å². The molecule has 0 atom stereocenters. The van der Waals surface area contributed by atoms with Crippen LogP contribution in [0.15, 0.2) is 67.6 Å². The first kappa shape index (κ1) is 31.9. The highest BCUT2D eigenvalue weighted by molar-refractivity contribution is 7.81. The summed E-state index contributed by atoms with van der Waals surface area (Å²) in [4.78, 5) is 0. The van der Waals surface area contributed by atoms with Crippen LogP contribution in [0.4, 0.5) is 0 Å². The van der Waals surface area contributed by atoms with Gasteiger partial charge in [0, 0.05) is 42.6 Å². The molecule has 3 heterocycles. The lowest BCUT2D eigenvalue weighted by Gasteiger charge is -2.08. The molecule has 0 radical (unpaired) electrons. The first-order valence-electron chi connectivity index (χ1n) is 11.5. The van der Waals surface area contributed by atoms with Crippen molar-refractivity contribution in [3.05, 3.63) is 78.8 Å². The SMILES string of the molecule is COS(=O)(=O)[O-].COS(=O)(=O)[O-].C[n+]1cccc(Cc2ccc3c(ccn3CCCn3cc[n+](C)c3)c2O)c1. The summed E-state index contributed by atoms with van der Waals surface area (Å²) in [6, 6.07) is 10.3. The van der Waals surface area contributed by atoms with Gasteiger partial charge in [-0.25, -0.2) is 30.5 Å². The molecule has 4 rings (SSSR count). The van der Waals surface area contributed by atoms with Crippen LogP contribution in [0, 0.1) is 0 Å². The summed E-state index contributed by atoms with van der Waals surface area (Å²) in [5, 5.41) is 11.7. The number of aryl methyl sites for hydroxylation is 4. The fraction of sp³-hybridized carbons (Fsp3) is 0.333. The maximum atomic E-state index is 10.8. The third kappa shape index (κ3) is 11.1. The molecule has 39 heavy (non-hydrogen) atoms. The Morgan fingerprint density at radius 3 is 2.08 bits per heavy atom. The first-order valence-corrected chi connectivity index (χ1v) is 14.2. The van der Waals surface area contributed by atoms with Crippen molar-refractivity contribution >= 4 is 31.7 Å². The largest absolute Gasteiger partial charge is 0.726 e. The summed E-state index contributed by atoms with van der Waals surface area (Å²) in [6.45, 7) is 1.91. The van der Waals surface area contributed by atoms with Crippen LogP contribution in [0.3, 0.4) is 0 Å². The van der Waals surface area contributed by atoms with Gasteiger partial charge < -0.3 is 18.8 Å². The number of pyridine rings is 1. The fourth-order valence-corrected chi connectivity index (χ4v) is 3.67. The lowest BCUT2D eigenvalue weighted by molar-refractivity contribution is -0.671. The Morgan fingerprint density at radius 2 is 1.54 bits per heavy atom. The summed E-state index contributed by atoms with van der Waals surface area (Å²) in [5.74, 6) is 0.398. The van der Waals surface area contributed by atoms with Crippen LogP contribution in [-0.4, -0.2) is 54.4 Å². The topological polar surface area (TPSA) is 171 Å². The number of imidazole rings is 1. The highest BCUT2D eigenvalue weighted by Gasteiger charge is 2.12. The third-order valence-electron chi connectivity index (χ3n) is 5.45. The van der Waals surface area contributed by atoms with Crippen molar-refractivity contribution in [2.45, 2.75) is 25.9 Å². The highest BCUT2D eigenvalue weighted by atomic mass is 32.3. The van der Waals surface area contributed by atoms with Crippen LogP contribution < -0.4 is 9.13 Å². The molecule has 3 aromatic heterocycles. The Morgan fingerprint density at radius 1 is 0.897 bits per heavy atom. The number of benzene rings is 1. The molecule has 0 unspecified atom stereocenters. The van der Waals surface area contributed by atoms with E-state index < -0.39 is 20.8 Å². The van der Waals surface area contributed by atoms with Gasteiger partial charge in [-0.1, -0.05) is 6.07 Å². The number of hydrogen-bond donors (Lipinski definition) is 1. The van der Waals surface area contributed by atoms with E-state index in [1.165, 1.54) is 5.56 Å². The number of nitrogens with zero attached hydrogens (tertiary/aromatic N) is 4. The molecule has 0 amide bonds. The minimum Gasteiger partial charge on any atom is -0.726 e. The highest BCUT2D eigenvalue weighted by Crippen LogP contribution is 2.31. The van der Waals surface area contributed by atoms with E-state index in [-0.39, 0.29) is 0 Å². The van der Waals surface area contributed by atoms with E-state index >= 15 is 0 Å². The maximum Gasteiger partial charge on any atom is 0.243 e. The van der Waals surface area contributed by atoms with Crippen molar-refractivity contribution in [3.63, 3.8) is 0 Å². The number of phenolic OH excluding ortho intramolecular Hbond substituents is 1. The molecule has 0 spiro atoms. The van der Waals surface area contributed by atoms with Gasteiger partial charge in [0.25, 0.3) is 0 Å². The molecule has 0 saturated carbocycles. The maximum absolute atomic E-state index is 10.8. The number of aromatic hydroxyl groups is 1. The van der Waals surface area contributed by atoms with E-state index in [2.05, 4.69) is 65.3 Å². The third-order valence-corrected chi connectivity index (χ3v) is 6.27. The van der Waals surface area contributed by atoms with E-state index in [9.17, 15) is 31.0 Å². The molecular formula is C24H32N4O9S2. The van der Waals surface area contributed by atoms with Gasteiger partial charge in [-0.15, -0.1) is 0 Å². The zero-order valence-electron chi connectivity index (χ0n) is 22.0. The van der Waals surface area contributed by atoms with Crippen LogP contribution >= 0.6 is 0 Å². The van der Waals surface area contributed by atoms with E-state index in [1.807, 2.05) is 43.1 Å². The van der Waals surface area contributed by atoms with Crippen LogP contribution in [-0.2, 0) is 62.8 Å². The van der Waals surface area contributed by atoms with Crippen LogP contribution in [0.1, 0.15) is 17.5 Å². The van der Waals surface area contributed by atoms with E-state index in [4.69, 9.17) is 0 Å². The quantitative estimate of drug-likeness (QED) is 0.177. The standard InChI is InChI=1S/C22H25N4O.2CH4O4S/c1-23-9-3-5-18(16-23)15-19-6-7-21-20(22(19)27)8-12-26(21)11-4-10-25-14-13-24(2)17-25;2*1-5-6(2,3)4/h3,5-9,12-14,16-17H,4,10-11,15H2,1-2H3;2*1H3,(H,2,3,4)/q+1;;/p-1. The van der Waals surface area contributed by atoms with E-state index in [0.717, 1.165) is 56.6 Å². The van der Waals surface area contributed by atoms with Crippen molar-refractivity contribution in [1.82, 2.24) is 9.13 Å². The average Bonchev–Trinajstić information content (AvgIpc) is 3.47. The fourth-order valence-electron chi connectivity index (χ4n) is 3.67. The molecule has 15 heteroatoms. The molecular weight excluding hydrogens is 552 g/mol. The number of phenols is 1. The van der Waals surface area contributed by atoms with E-state index in [0.29, 0.717) is 5.75 Å². The second-order valence-electron chi connectivity index (χ2n) is 8.39. The van der Waals surface area contributed by atoms with Gasteiger partial charge >= 0.3 is 0 Å².